The van der Waals surface area contributed by atoms with Gasteiger partial charge in [-0.05, 0) is 31.5 Å². The SMILES string of the molecule is COc1ccc(C=O)cc1O[C@@H](C)C(=O)N[C@H]1CCS(=O)(=O)C1. The smallest absolute Gasteiger partial charge is 0.261 e. The van der Waals surface area contributed by atoms with E-state index in [1.54, 1.807) is 19.1 Å². The highest BCUT2D eigenvalue weighted by Crippen LogP contribution is 2.28. The van der Waals surface area contributed by atoms with E-state index >= 15 is 0 Å². The first kappa shape index (κ1) is 17.3. The van der Waals surface area contributed by atoms with E-state index in [1.165, 1.54) is 13.2 Å². The third-order valence-electron chi connectivity index (χ3n) is 3.58. The van der Waals surface area contributed by atoms with Gasteiger partial charge in [0.05, 0.1) is 18.6 Å². The molecule has 2 atom stereocenters. The number of rotatable bonds is 6. The lowest BCUT2D eigenvalue weighted by Gasteiger charge is -2.19. The number of aldehydes is 1. The summed E-state index contributed by atoms with van der Waals surface area (Å²) in [5.41, 5.74) is 0.398. The van der Waals surface area contributed by atoms with Gasteiger partial charge in [0, 0.05) is 11.6 Å². The van der Waals surface area contributed by atoms with Crippen LogP contribution in [0.4, 0.5) is 0 Å². The highest BCUT2D eigenvalue weighted by Gasteiger charge is 2.30. The Bertz CT molecular complexity index is 700. The molecule has 1 amide bonds. The molecule has 2 rings (SSSR count). The number of hydrogen-bond donors (Lipinski definition) is 1. The van der Waals surface area contributed by atoms with Crippen LogP contribution in [0.2, 0.25) is 0 Å². The monoisotopic (exact) mass is 341 g/mol. The lowest BCUT2D eigenvalue weighted by molar-refractivity contribution is -0.127. The summed E-state index contributed by atoms with van der Waals surface area (Å²) in [4.78, 5) is 23.0. The first-order valence-electron chi connectivity index (χ1n) is 7.15. The van der Waals surface area contributed by atoms with Crippen LogP contribution in [0.25, 0.3) is 0 Å². The van der Waals surface area contributed by atoms with Crippen LogP contribution in [-0.4, -0.2) is 51.4 Å². The van der Waals surface area contributed by atoms with Crippen LogP contribution in [-0.2, 0) is 14.6 Å². The van der Waals surface area contributed by atoms with Crippen LogP contribution in [0.5, 0.6) is 11.5 Å². The normalized spacial score (nSPS) is 20.5. The maximum absolute atomic E-state index is 12.1. The first-order chi connectivity index (χ1) is 10.8. The lowest BCUT2D eigenvalue weighted by Crippen LogP contribution is -2.43. The van der Waals surface area contributed by atoms with Crippen molar-refractivity contribution in [2.24, 2.45) is 0 Å². The van der Waals surface area contributed by atoms with Gasteiger partial charge in [-0.15, -0.1) is 0 Å². The Morgan fingerprint density at radius 3 is 2.70 bits per heavy atom. The van der Waals surface area contributed by atoms with Crippen molar-refractivity contribution in [2.75, 3.05) is 18.6 Å². The van der Waals surface area contributed by atoms with Gasteiger partial charge in [-0.2, -0.15) is 0 Å². The maximum Gasteiger partial charge on any atom is 0.261 e. The number of benzene rings is 1. The highest BCUT2D eigenvalue weighted by atomic mass is 32.2. The van der Waals surface area contributed by atoms with Gasteiger partial charge >= 0.3 is 0 Å². The van der Waals surface area contributed by atoms with Crippen molar-refractivity contribution in [3.63, 3.8) is 0 Å². The lowest BCUT2D eigenvalue weighted by atomic mass is 10.2. The minimum atomic E-state index is -3.06. The number of hydrogen-bond acceptors (Lipinski definition) is 6. The summed E-state index contributed by atoms with van der Waals surface area (Å²) in [6.07, 6.45) is 0.222. The molecular weight excluding hydrogens is 322 g/mol. The number of ether oxygens (including phenoxy) is 2. The van der Waals surface area contributed by atoms with Crippen LogP contribution in [0, 0.1) is 0 Å². The minimum Gasteiger partial charge on any atom is -0.493 e. The number of methoxy groups -OCH3 is 1. The van der Waals surface area contributed by atoms with Gasteiger partial charge < -0.3 is 14.8 Å². The van der Waals surface area contributed by atoms with E-state index in [2.05, 4.69) is 5.32 Å². The van der Waals surface area contributed by atoms with E-state index in [1.807, 2.05) is 0 Å². The summed E-state index contributed by atoms with van der Waals surface area (Å²) in [5, 5.41) is 2.67. The standard InChI is InChI=1S/C15H19NO6S/c1-10(15(18)16-12-5-6-23(19,20)9-12)22-14-7-11(8-17)3-4-13(14)21-2/h3-4,7-8,10,12H,5-6,9H2,1-2H3,(H,16,18)/t10-,12-/m0/s1. The van der Waals surface area contributed by atoms with Crippen LogP contribution in [0.1, 0.15) is 23.7 Å². The molecule has 1 aliphatic rings. The zero-order valence-electron chi connectivity index (χ0n) is 12.9. The predicted octanol–water partition coefficient (Wildman–Crippen LogP) is 0.578. The highest BCUT2D eigenvalue weighted by molar-refractivity contribution is 7.91. The Morgan fingerprint density at radius 2 is 2.13 bits per heavy atom. The number of amides is 1. The van der Waals surface area contributed by atoms with Crippen LogP contribution in [0.3, 0.4) is 0 Å². The Kier molecular flexibility index (Phi) is 5.25. The molecule has 1 fully saturated rings. The van der Waals surface area contributed by atoms with Gasteiger partial charge in [0.15, 0.2) is 27.4 Å². The van der Waals surface area contributed by atoms with Crippen LogP contribution in [0.15, 0.2) is 18.2 Å². The molecule has 126 valence electrons. The molecular formula is C15H19NO6S. The number of nitrogens with one attached hydrogen (secondary N) is 1. The molecule has 0 saturated carbocycles. The zero-order chi connectivity index (χ0) is 17.0. The molecule has 1 aliphatic heterocycles. The molecule has 1 aromatic rings. The topological polar surface area (TPSA) is 98.8 Å². The molecule has 1 saturated heterocycles. The largest absolute Gasteiger partial charge is 0.493 e. The van der Waals surface area contributed by atoms with E-state index in [0.29, 0.717) is 24.0 Å². The minimum absolute atomic E-state index is 0.0462. The predicted molar refractivity (Wildman–Crippen MR) is 83.7 cm³/mol. The summed E-state index contributed by atoms with van der Waals surface area (Å²) in [6.45, 7) is 1.55. The summed E-state index contributed by atoms with van der Waals surface area (Å²) in [6, 6.07) is 4.25. The summed E-state index contributed by atoms with van der Waals surface area (Å²) in [5.74, 6) is 0.306. The number of carbonyl (C=O) groups excluding carboxylic acids is 2. The summed E-state index contributed by atoms with van der Waals surface area (Å²) in [7, 11) is -1.60. The van der Waals surface area contributed by atoms with Crippen LogP contribution < -0.4 is 14.8 Å². The molecule has 0 spiro atoms. The first-order valence-corrected chi connectivity index (χ1v) is 8.97. The fraction of sp³-hybridized carbons (Fsp3) is 0.467. The van der Waals surface area contributed by atoms with Crippen molar-refractivity contribution < 1.29 is 27.5 Å². The molecule has 1 aromatic carbocycles. The van der Waals surface area contributed by atoms with Gasteiger partial charge in [0.25, 0.3) is 5.91 Å². The second-order valence-corrected chi connectivity index (χ2v) is 7.63. The fourth-order valence-electron chi connectivity index (χ4n) is 2.33. The molecule has 0 unspecified atom stereocenters. The third-order valence-corrected chi connectivity index (χ3v) is 5.34. The van der Waals surface area contributed by atoms with Crippen molar-refractivity contribution in [1.29, 1.82) is 0 Å². The van der Waals surface area contributed by atoms with Gasteiger partial charge in [0.1, 0.15) is 6.29 Å². The van der Waals surface area contributed by atoms with E-state index in [0.717, 1.165) is 0 Å². The van der Waals surface area contributed by atoms with Crippen molar-refractivity contribution in [3.05, 3.63) is 23.8 Å². The van der Waals surface area contributed by atoms with Gasteiger partial charge in [-0.25, -0.2) is 8.42 Å². The van der Waals surface area contributed by atoms with Gasteiger partial charge in [0.2, 0.25) is 0 Å². The third kappa shape index (κ3) is 4.44. The molecule has 1 N–H and O–H groups in total. The van der Waals surface area contributed by atoms with E-state index in [-0.39, 0.29) is 23.3 Å². The Balaban J connectivity index is 2.02. The molecule has 23 heavy (non-hydrogen) atoms. The Morgan fingerprint density at radius 1 is 1.39 bits per heavy atom. The van der Waals surface area contributed by atoms with E-state index < -0.39 is 21.8 Å². The number of carbonyl (C=O) groups is 2. The van der Waals surface area contributed by atoms with Crippen molar-refractivity contribution in [3.8, 4) is 11.5 Å². The molecule has 1 heterocycles. The van der Waals surface area contributed by atoms with E-state index in [9.17, 15) is 18.0 Å². The van der Waals surface area contributed by atoms with E-state index in [4.69, 9.17) is 9.47 Å². The van der Waals surface area contributed by atoms with Gasteiger partial charge in [-0.3, -0.25) is 9.59 Å². The maximum atomic E-state index is 12.1. The molecule has 7 nitrogen and oxygen atoms in total. The second-order valence-electron chi connectivity index (χ2n) is 5.40. The summed E-state index contributed by atoms with van der Waals surface area (Å²) >= 11 is 0. The summed E-state index contributed by atoms with van der Waals surface area (Å²) < 4.78 is 33.5. The molecule has 0 radical (unpaired) electrons. The quantitative estimate of drug-likeness (QED) is 0.760. The van der Waals surface area contributed by atoms with Crippen LogP contribution >= 0.6 is 0 Å². The molecule has 0 bridgehead atoms. The van der Waals surface area contributed by atoms with Crippen molar-refractivity contribution in [2.45, 2.75) is 25.5 Å². The average molecular weight is 341 g/mol. The number of sulfone groups is 1. The fourth-order valence-corrected chi connectivity index (χ4v) is 4.00. The average Bonchev–Trinajstić information content (AvgIpc) is 2.85. The molecule has 8 heteroatoms. The molecule has 0 aromatic heterocycles. The van der Waals surface area contributed by atoms with Gasteiger partial charge in [-0.1, -0.05) is 0 Å². The second kappa shape index (κ2) is 6.99. The van der Waals surface area contributed by atoms with Crippen molar-refractivity contribution >= 4 is 22.0 Å². The zero-order valence-corrected chi connectivity index (χ0v) is 13.8. The Hall–Kier alpha value is -2.09. The Labute approximate surface area is 134 Å². The van der Waals surface area contributed by atoms with Crippen molar-refractivity contribution in [1.82, 2.24) is 5.32 Å². The molecule has 0 aliphatic carbocycles.